The van der Waals surface area contributed by atoms with Gasteiger partial charge in [0.25, 0.3) is 5.91 Å². The minimum Gasteiger partial charge on any atom is -0.496 e. The van der Waals surface area contributed by atoms with E-state index in [0.29, 0.717) is 22.8 Å². The lowest BCUT2D eigenvalue weighted by atomic mass is 9.94. The van der Waals surface area contributed by atoms with Gasteiger partial charge in [-0.25, -0.2) is 4.98 Å². The zero-order chi connectivity index (χ0) is 26.9. The van der Waals surface area contributed by atoms with E-state index in [1.165, 1.54) is 30.6 Å². The van der Waals surface area contributed by atoms with Crippen molar-refractivity contribution in [2.24, 2.45) is 0 Å². The molecule has 1 heterocycles. The number of nitrogens with zero attached hydrogens (tertiary/aromatic N) is 3. The number of para-hydroxylation sites is 1. The minimum atomic E-state index is -0.976. The van der Waals surface area contributed by atoms with Gasteiger partial charge in [-0.15, -0.1) is 0 Å². The Morgan fingerprint density at radius 3 is 2.37 bits per heavy atom. The van der Waals surface area contributed by atoms with Gasteiger partial charge in [-0.2, -0.15) is 0 Å². The van der Waals surface area contributed by atoms with Gasteiger partial charge in [0.15, 0.2) is 11.5 Å². The van der Waals surface area contributed by atoms with Crippen molar-refractivity contribution in [1.29, 1.82) is 0 Å². The van der Waals surface area contributed by atoms with Crippen LogP contribution in [-0.2, 0) is 11.3 Å². The first-order chi connectivity index (χ1) is 18.5. The lowest BCUT2D eigenvalue weighted by Gasteiger charge is -2.33. The van der Waals surface area contributed by atoms with E-state index in [1.54, 1.807) is 32.4 Å². The summed E-state index contributed by atoms with van der Waals surface area (Å²) in [5.74, 6) is 0.908. The zero-order valence-electron chi connectivity index (χ0n) is 22.1. The highest BCUT2D eigenvalue weighted by Crippen LogP contribution is 2.34. The molecule has 9 heteroatoms. The van der Waals surface area contributed by atoms with E-state index in [0.717, 1.165) is 37.7 Å². The number of carbonyl (C=O) groups excluding carboxylic acids is 2. The normalized spacial score (nSPS) is 14.3. The van der Waals surface area contributed by atoms with Crippen LogP contribution in [0.2, 0.25) is 0 Å². The molecule has 9 nitrogen and oxygen atoms in total. The molecular formula is C29H34N4O5. The summed E-state index contributed by atoms with van der Waals surface area (Å²) in [5.41, 5.74) is 1.48. The molecular weight excluding hydrogens is 484 g/mol. The number of carbonyl (C=O) groups is 2. The van der Waals surface area contributed by atoms with Crippen molar-refractivity contribution >= 4 is 11.8 Å². The molecule has 4 rings (SSSR count). The number of amides is 2. The van der Waals surface area contributed by atoms with Crippen LogP contribution < -0.4 is 19.5 Å². The third-order valence-corrected chi connectivity index (χ3v) is 6.81. The molecule has 1 N–H and O–H groups in total. The fraction of sp³-hybridized carbons (Fsp3) is 0.379. The van der Waals surface area contributed by atoms with Crippen molar-refractivity contribution in [1.82, 2.24) is 20.2 Å². The number of nitrogens with one attached hydrogen (secondary N) is 1. The summed E-state index contributed by atoms with van der Waals surface area (Å²) in [7, 11) is 4.67. The molecule has 1 aliphatic rings. The SMILES string of the molecule is COc1ccccc1CN(C(=O)c1cnccn1)[C@@H](C(=O)NC1CCCCC1)c1ccc(OC)c(OC)c1. The predicted octanol–water partition coefficient (Wildman–Crippen LogP) is 4.34. The second-order valence-electron chi connectivity index (χ2n) is 9.20. The van der Waals surface area contributed by atoms with Crippen molar-refractivity contribution in [3.8, 4) is 17.2 Å². The van der Waals surface area contributed by atoms with E-state index in [4.69, 9.17) is 14.2 Å². The summed E-state index contributed by atoms with van der Waals surface area (Å²) >= 11 is 0. The smallest absolute Gasteiger partial charge is 0.275 e. The van der Waals surface area contributed by atoms with E-state index in [2.05, 4.69) is 15.3 Å². The second kappa shape index (κ2) is 12.9. The van der Waals surface area contributed by atoms with Gasteiger partial charge in [-0.05, 0) is 36.6 Å². The average molecular weight is 519 g/mol. The molecule has 1 saturated carbocycles. The maximum Gasteiger partial charge on any atom is 0.275 e. The summed E-state index contributed by atoms with van der Waals surface area (Å²) in [4.78, 5) is 37.9. The van der Waals surface area contributed by atoms with Gasteiger partial charge in [0, 0.05) is 24.0 Å². The van der Waals surface area contributed by atoms with Crippen LogP contribution in [0.5, 0.6) is 17.2 Å². The lowest BCUT2D eigenvalue weighted by molar-refractivity contribution is -0.127. The molecule has 1 fully saturated rings. The minimum absolute atomic E-state index is 0.0543. The molecule has 1 aromatic heterocycles. The fourth-order valence-corrected chi connectivity index (χ4v) is 4.88. The summed E-state index contributed by atoms with van der Waals surface area (Å²) in [6.07, 6.45) is 9.48. The predicted molar refractivity (Wildman–Crippen MR) is 142 cm³/mol. The Labute approximate surface area is 223 Å². The number of aromatic nitrogens is 2. The topological polar surface area (TPSA) is 103 Å². The van der Waals surface area contributed by atoms with Crippen LogP contribution in [0.25, 0.3) is 0 Å². The third-order valence-electron chi connectivity index (χ3n) is 6.81. The number of benzene rings is 2. The van der Waals surface area contributed by atoms with E-state index in [-0.39, 0.29) is 24.2 Å². The number of hydrogen-bond donors (Lipinski definition) is 1. The first-order valence-corrected chi connectivity index (χ1v) is 12.8. The lowest BCUT2D eigenvalue weighted by Crippen LogP contribution is -2.47. The second-order valence-corrected chi connectivity index (χ2v) is 9.20. The van der Waals surface area contributed by atoms with Gasteiger partial charge in [0.2, 0.25) is 5.91 Å². The molecule has 0 aliphatic heterocycles. The Morgan fingerprint density at radius 1 is 0.947 bits per heavy atom. The number of methoxy groups -OCH3 is 3. The number of ether oxygens (including phenoxy) is 3. The Bertz CT molecular complexity index is 1230. The van der Waals surface area contributed by atoms with Crippen molar-refractivity contribution in [3.05, 3.63) is 77.9 Å². The molecule has 0 radical (unpaired) electrons. The molecule has 0 unspecified atom stereocenters. The number of hydrogen-bond acceptors (Lipinski definition) is 7. The molecule has 0 saturated heterocycles. The summed E-state index contributed by atoms with van der Waals surface area (Å²) in [5, 5.41) is 3.21. The molecule has 2 amide bonds. The largest absolute Gasteiger partial charge is 0.496 e. The first kappa shape index (κ1) is 26.9. The van der Waals surface area contributed by atoms with E-state index < -0.39 is 11.9 Å². The maximum absolute atomic E-state index is 14.0. The van der Waals surface area contributed by atoms with Crippen molar-refractivity contribution < 1.29 is 23.8 Å². The molecule has 3 aromatic rings. The van der Waals surface area contributed by atoms with Gasteiger partial charge in [0.05, 0.1) is 34.1 Å². The van der Waals surface area contributed by atoms with E-state index >= 15 is 0 Å². The molecule has 2 aromatic carbocycles. The van der Waals surface area contributed by atoms with Gasteiger partial charge < -0.3 is 24.4 Å². The van der Waals surface area contributed by atoms with Crippen LogP contribution in [0.1, 0.15) is 59.8 Å². The Morgan fingerprint density at radius 2 is 1.68 bits per heavy atom. The molecule has 0 bridgehead atoms. The maximum atomic E-state index is 14.0. The van der Waals surface area contributed by atoms with Crippen molar-refractivity contribution in [2.75, 3.05) is 21.3 Å². The Hall–Kier alpha value is -4.14. The quantitative estimate of drug-likeness (QED) is 0.426. The molecule has 200 valence electrons. The van der Waals surface area contributed by atoms with Crippen LogP contribution in [-0.4, -0.2) is 54.1 Å². The summed E-state index contributed by atoms with van der Waals surface area (Å²) < 4.78 is 16.5. The highest BCUT2D eigenvalue weighted by molar-refractivity contribution is 5.96. The van der Waals surface area contributed by atoms with Gasteiger partial charge in [-0.1, -0.05) is 43.5 Å². The van der Waals surface area contributed by atoms with Crippen LogP contribution in [0.15, 0.2) is 61.1 Å². The molecule has 1 aliphatic carbocycles. The first-order valence-electron chi connectivity index (χ1n) is 12.8. The standard InChI is InChI=1S/C29H34N4O5/c1-36-24-12-8-7-9-21(24)19-33(29(35)23-18-30-15-16-31-23)27(28(34)32-22-10-5-4-6-11-22)20-13-14-25(37-2)26(17-20)38-3/h7-9,12-18,22,27H,4-6,10-11,19H2,1-3H3,(H,32,34)/t27-/m1/s1. The average Bonchev–Trinajstić information content (AvgIpc) is 2.97. The summed E-state index contributed by atoms with van der Waals surface area (Å²) in [6.45, 7) is 0.108. The monoisotopic (exact) mass is 518 g/mol. The Kier molecular flexibility index (Phi) is 9.13. The van der Waals surface area contributed by atoms with Crippen molar-refractivity contribution in [3.63, 3.8) is 0 Å². The molecule has 1 atom stereocenters. The Balaban J connectivity index is 1.82. The van der Waals surface area contributed by atoms with Crippen molar-refractivity contribution in [2.45, 2.75) is 50.7 Å². The van der Waals surface area contributed by atoms with Gasteiger partial charge in [0.1, 0.15) is 17.5 Å². The van der Waals surface area contributed by atoms with Gasteiger partial charge >= 0.3 is 0 Å². The zero-order valence-corrected chi connectivity index (χ0v) is 22.1. The van der Waals surface area contributed by atoms with Crippen LogP contribution in [0.3, 0.4) is 0 Å². The molecule has 38 heavy (non-hydrogen) atoms. The van der Waals surface area contributed by atoms with Gasteiger partial charge in [-0.3, -0.25) is 14.6 Å². The van der Waals surface area contributed by atoms with E-state index in [9.17, 15) is 9.59 Å². The van der Waals surface area contributed by atoms with Crippen LogP contribution in [0, 0.1) is 0 Å². The van der Waals surface area contributed by atoms with Crippen LogP contribution in [0.4, 0.5) is 0 Å². The van der Waals surface area contributed by atoms with Crippen LogP contribution >= 0.6 is 0 Å². The summed E-state index contributed by atoms with van der Waals surface area (Å²) in [6, 6.07) is 11.8. The molecule has 0 spiro atoms. The highest BCUT2D eigenvalue weighted by Gasteiger charge is 2.35. The number of rotatable bonds is 10. The fourth-order valence-electron chi connectivity index (χ4n) is 4.88. The highest BCUT2D eigenvalue weighted by atomic mass is 16.5. The van der Waals surface area contributed by atoms with E-state index in [1.807, 2.05) is 24.3 Å². The third kappa shape index (κ3) is 6.22.